The van der Waals surface area contributed by atoms with E-state index in [-0.39, 0.29) is 0 Å². The molecule has 0 saturated carbocycles. The Labute approximate surface area is 139 Å². The molecule has 2 N–H and O–H groups in total. The van der Waals surface area contributed by atoms with Crippen LogP contribution in [0.15, 0.2) is 55.2 Å². The predicted octanol–water partition coefficient (Wildman–Crippen LogP) is 2.82. The molecule has 4 rings (SSSR count). The van der Waals surface area contributed by atoms with Gasteiger partial charge < -0.3 is 10.7 Å². The summed E-state index contributed by atoms with van der Waals surface area (Å²) in [6.45, 7) is 2.06. The Hall–Kier alpha value is -3.35. The van der Waals surface area contributed by atoms with Gasteiger partial charge in [0.1, 0.15) is 0 Å². The van der Waals surface area contributed by atoms with Gasteiger partial charge in [-0.25, -0.2) is 9.97 Å². The van der Waals surface area contributed by atoms with E-state index in [9.17, 15) is 0 Å². The molecule has 24 heavy (non-hydrogen) atoms. The molecule has 0 fully saturated rings. The van der Waals surface area contributed by atoms with Crippen LogP contribution in [0.3, 0.4) is 0 Å². The van der Waals surface area contributed by atoms with Crippen molar-refractivity contribution in [3.63, 3.8) is 0 Å². The lowest BCUT2D eigenvalue weighted by Gasteiger charge is -2.07. The number of anilines is 2. The molecule has 0 aliphatic heterocycles. The van der Waals surface area contributed by atoms with Crippen molar-refractivity contribution >= 4 is 17.2 Å². The van der Waals surface area contributed by atoms with Crippen molar-refractivity contribution in [2.75, 3.05) is 17.8 Å². The smallest absolute Gasteiger partial charge is 0.180 e. The van der Waals surface area contributed by atoms with E-state index < -0.39 is 0 Å². The molecule has 0 radical (unpaired) electrons. The number of imidazole rings is 1. The molecule has 120 valence electrons. The lowest BCUT2D eigenvalue weighted by molar-refractivity contribution is 0.782. The number of fused-ring (bicyclic) bond motifs is 1. The van der Waals surface area contributed by atoms with Gasteiger partial charge in [0, 0.05) is 30.7 Å². The maximum atomic E-state index is 4.52. The van der Waals surface area contributed by atoms with Crippen LogP contribution in [0.1, 0.15) is 5.56 Å². The zero-order valence-corrected chi connectivity index (χ0v) is 13.4. The topological polar surface area (TPSA) is 72.1 Å². The summed E-state index contributed by atoms with van der Waals surface area (Å²) in [7, 11) is 1.82. The zero-order chi connectivity index (χ0) is 16.5. The van der Waals surface area contributed by atoms with Gasteiger partial charge in [-0.1, -0.05) is 17.7 Å². The van der Waals surface area contributed by atoms with Gasteiger partial charge >= 0.3 is 0 Å². The zero-order valence-electron chi connectivity index (χ0n) is 13.4. The predicted molar refractivity (Wildman–Crippen MR) is 94.0 cm³/mol. The number of nitrogens with zero attached hydrogens (tertiary/aromatic N) is 5. The number of aryl methyl sites for hydroxylation is 1. The highest BCUT2D eigenvalue weighted by molar-refractivity contribution is 5.73. The van der Waals surface area contributed by atoms with Gasteiger partial charge in [0.25, 0.3) is 0 Å². The van der Waals surface area contributed by atoms with Crippen LogP contribution in [-0.4, -0.2) is 31.3 Å². The molecular formula is C17H17N7. The van der Waals surface area contributed by atoms with Gasteiger partial charge in [0.05, 0.1) is 24.3 Å². The Kier molecular flexibility index (Phi) is 3.38. The van der Waals surface area contributed by atoms with Crippen molar-refractivity contribution in [2.45, 2.75) is 6.92 Å². The summed E-state index contributed by atoms with van der Waals surface area (Å²) in [5.74, 6) is 0.716. The Bertz CT molecular complexity index is 982. The minimum atomic E-state index is 0.716. The first-order chi connectivity index (χ1) is 11.7. The van der Waals surface area contributed by atoms with Crippen molar-refractivity contribution < 1.29 is 0 Å². The van der Waals surface area contributed by atoms with Crippen LogP contribution in [0.5, 0.6) is 0 Å². The Balaban J connectivity index is 1.74. The molecule has 0 saturated heterocycles. The highest BCUT2D eigenvalue weighted by Crippen LogP contribution is 2.24. The van der Waals surface area contributed by atoms with E-state index in [1.165, 1.54) is 5.56 Å². The van der Waals surface area contributed by atoms with Crippen LogP contribution in [-0.2, 0) is 0 Å². The second-order valence-corrected chi connectivity index (χ2v) is 5.50. The number of nitrogens with one attached hydrogen (secondary N) is 2. The molecule has 7 heteroatoms. The van der Waals surface area contributed by atoms with Crippen molar-refractivity contribution in [2.24, 2.45) is 0 Å². The Morgan fingerprint density at radius 3 is 2.62 bits per heavy atom. The first-order valence-corrected chi connectivity index (χ1v) is 7.63. The van der Waals surface area contributed by atoms with Gasteiger partial charge in [-0.3, -0.25) is 4.40 Å². The lowest BCUT2D eigenvalue weighted by Crippen LogP contribution is -2.08. The van der Waals surface area contributed by atoms with E-state index in [4.69, 9.17) is 0 Å². The highest BCUT2D eigenvalue weighted by atomic mass is 15.5. The lowest BCUT2D eigenvalue weighted by atomic mass is 10.2. The van der Waals surface area contributed by atoms with Crippen LogP contribution in [0.2, 0.25) is 0 Å². The van der Waals surface area contributed by atoms with E-state index >= 15 is 0 Å². The van der Waals surface area contributed by atoms with Gasteiger partial charge in [-0.15, -0.1) is 0 Å². The number of aromatic nitrogens is 5. The standard InChI is InChI=1S/C17H17N7/c1-12-3-5-14(6-4-12)22-16-17-20-10-15(23(17)8-7-19-16)13-9-21-24(11-13)18-2/h3-11,18H,1-2H3,(H,19,22). The summed E-state index contributed by atoms with van der Waals surface area (Å²) in [4.78, 5) is 10.6. The molecule has 1 aromatic carbocycles. The third kappa shape index (κ3) is 2.45. The molecule has 7 nitrogen and oxygen atoms in total. The van der Waals surface area contributed by atoms with Crippen LogP contribution >= 0.6 is 0 Å². The largest absolute Gasteiger partial charge is 0.337 e. The Morgan fingerprint density at radius 1 is 1.04 bits per heavy atom. The molecule has 3 aromatic heterocycles. The molecule has 0 atom stereocenters. The summed E-state index contributed by atoms with van der Waals surface area (Å²) >= 11 is 0. The quantitative estimate of drug-likeness (QED) is 0.605. The fraction of sp³-hybridized carbons (Fsp3) is 0.118. The van der Waals surface area contributed by atoms with Crippen LogP contribution < -0.4 is 10.7 Å². The number of rotatable bonds is 4. The average molecular weight is 319 g/mol. The third-order valence-corrected chi connectivity index (χ3v) is 3.85. The van der Waals surface area contributed by atoms with E-state index in [0.717, 1.165) is 22.6 Å². The minimum absolute atomic E-state index is 0.716. The molecule has 4 aromatic rings. The van der Waals surface area contributed by atoms with Crippen LogP contribution in [0.25, 0.3) is 16.9 Å². The van der Waals surface area contributed by atoms with Crippen molar-refractivity contribution in [3.8, 4) is 11.3 Å². The second-order valence-electron chi connectivity index (χ2n) is 5.50. The van der Waals surface area contributed by atoms with Gasteiger partial charge in [0.15, 0.2) is 11.5 Å². The summed E-state index contributed by atoms with van der Waals surface area (Å²) in [6, 6.07) is 8.18. The molecule has 0 spiro atoms. The number of benzene rings is 1. The van der Waals surface area contributed by atoms with Crippen molar-refractivity contribution in [1.82, 2.24) is 24.3 Å². The molecule has 0 unspecified atom stereocenters. The molecule has 0 aliphatic rings. The van der Waals surface area contributed by atoms with E-state index in [1.807, 2.05) is 42.2 Å². The summed E-state index contributed by atoms with van der Waals surface area (Å²) < 4.78 is 2.00. The molecular weight excluding hydrogens is 302 g/mol. The van der Waals surface area contributed by atoms with Crippen LogP contribution in [0, 0.1) is 6.92 Å². The second kappa shape index (κ2) is 5.69. The molecule has 3 heterocycles. The average Bonchev–Trinajstić information content (AvgIpc) is 3.23. The number of hydrogen-bond donors (Lipinski definition) is 2. The fourth-order valence-electron chi connectivity index (χ4n) is 2.57. The minimum Gasteiger partial charge on any atom is -0.337 e. The monoisotopic (exact) mass is 319 g/mol. The maximum Gasteiger partial charge on any atom is 0.180 e. The summed E-state index contributed by atoms with van der Waals surface area (Å²) in [5.41, 5.74) is 7.86. The van der Waals surface area contributed by atoms with E-state index in [2.05, 4.69) is 44.9 Å². The van der Waals surface area contributed by atoms with Gasteiger partial charge in [0.2, 0.25) is 0 Å². The highest BCUT2D eigenvalue weighted by Gasteiger charge is 2.12. The van der Waals surface area contributed by atoms with Crippen molar-refractivity contribution in [1.29, 1.82) is 0 Å². The number of hydrogen-bond acceptors (Lipinski definition) is 5. The molecule has 0 aliphatic carbocycles. The summed E-state index contributed by atoms with van der Waals surface area (Å²) in [5, 5.41) is 7.56. The molecule has 0 amide bonds. The SMILES string of the molecule is CNn1cc(-c2cnc3c(Nc4ccc(C)cc4)nccn23)cn1. The summed E-state index contributed by atoms with van der Waals surface area (Å²) in [6.07, 6.45) is 9.20. The normalized spacial score (nSPS) is 10.9. The third-order valence-electron chi connectivity index (χ3n) is 3.85. The van der Waals surface area contributed by atoms with Crippen LogP contribution in [0.4, 0.5) is 11.5 Å². The van der Waals surface area contributed by atoms with Gasteiger partial charge in [-0.05, 0) is 19.1 Å². The fourth-order valence-corrected chi connectivity index (χ4v) is 2.57. The van der Waals surface area contributed by atoms with Crippen molar-refractivity contribution in [3.05, 3.63) is 60.8 Å². The van der Waals surface area contributed by atoms with E-state index in [1.54, 1.807) is 17.2 Å². The first kappa shape index (κ1) is 14.3. The Morgan fingerprint density at radius 2 is 1.88 bits per heavy atom. The van der Waals surface area contributed by atoms with Gasteiger partial charge in [-0.2, -0.15) is 9.89 Å². The maximum absolute atomic E-state index is 4.52. The first-order valence-electron chi connectivity index (χ1n) is 7.63. The molecule has 0 bridgehead atoms. The van der Waals surface area contributed by atoms with E-state index in [0.29, 0.717) is 5.82 Å².